The molecule has 0 radical (unpaired) electrons. The van der Waals surface area contributed by atoms with Crippen LogP contribution in [0.2, 0.25) is 0 Å². The number of hydrogen-bond donors (Lipinski definition) is 0. The summed E-state index contributed by atoms with van der Waals surface area (Å²) >= 11 is 5.68. The Morgan fingerprint density at radius 3 is 1.90 bits per heavy atom. The van der Waals surface area contributed by atoms with E-state index in [1.807, 2.05) is 6.08 Å². The maximum atomic E-state index is 11.3. The molecule has 0 fully saturated rings. The van der Waals surface area contributed by atoms with Gasteiger partial charge in [-0.2, -0.15) is 0 Å². The lowest BCUT2D eigenvalue weighted by molar-refractivity contribution is -0.136. The number of carbonyl (C=O) groups is 2. The number of methoxy groups -OCH3 is 1. The zero-order valence-electron chi connectivity index (χ0n) is 12.5. The van der Waals surface area contributed by atoms with Crippen molar-refractivity contribution < 1.29 is 14.3 Å². The van der Waals surface area contributed by atoms with E-state index in [1.165, 1.54) is 45.6 Å². The molecule has 0 aromatic heterocycles. The second kappa shape index (κ2) is 14.6. The molecular weight excluding hydrogens is 276 g/mol. The van der Waals surface area contributed by atoms with E-state index in [1.54, 1.807) is 0 Å². The van der Waals surface area contributed by atoms with E-state index in [9.17, 15) is 9.59 Å². The molecular formula is C16H27ClO3. The molecule has 0 heterocycles. The number of esters is 1. The average Bonchev–Trinajstić information content (AvgIpc) is 2.48. The summed E-state index contributed by atoms with van der Waals surface area (Å²) in [6.07, 6.45) is 13.9. The van der Waals surface area contributed by atoms with Gasteiger partial charge in [0.2, 0.25) is 0 Å². The molecule has 0 saturated heterocycles. The predicted octanol–water partition coefficient (Wildman–Crippen LogP) is 4.42. The highest BCUT2D eigenvalue weighted by molar-refractivity contribution is 6.22. The lowest BCUT2D eigenvalue weighted by Crippen LogP contribution is -2.05. The van der Waals surface area contributed by atoms with Crippen molar-refractivity contribution in [2.24, 2.45) is 0 Å². The van der Waals surface area contributed by atoms with Crippen LogP contribution in [0.15, 0.2) is 11.6 Å². The first-order valence-corrected chi connectivity index (χ1v) is 8.06. The molecule has 0 aromatic rings. The van der Waals surface area contributed by atoms with E-state index in [2.05, 4.69) is 4.74 Å². The summed E-state index contributed by atoms with van der Waals surface area (Å²) in [5, 5.41) is 0. The van der Waals surface area contributed by atoms with Crippen LogP contribution in [0.4, 0.5) is 0 Å². The number of aldehydes is 1. The number of halogens is 1. The van der Waals surface area contributed by atoms with E-state index >= 15 is 0 Å². The summed E-state index contributed by atoms with van der Waals surface area (Å²) in [7, 11) is 1.37. The zero-order valence-corrected chi connectivity index (χ0v) is 13.3. The standard InChI is InChI=1S/C16H27ClO3/c1-20-16(19)15(14-17)12-10-8-6-4-2-3-5-7-9-11-13-18/h12-13H,2-11,14H2,1H3/b15-12+. The molecule has 0 saturated carbocycles. The van der Waals surface area contributed by atoms with Crippen LogP contribution in [0.25, 0.3) is 0 Å². The summed E-state index contributed by atoms with van der Waals surface area (Å²) in [5.74, 6) is -0.108. The van der Waals surface area contributed by atoms with Crippen LogP contribution >= 0.6 is 11.6 Å². The van der Waals surface area contributed by atoms with Crippen molar-refractivity contribution in [1.29, 1.82) is 0 Å². The quantitative estimate of drug-likeness (QED) is 0.166. The molecule has 116 valence electrons. The van der Waals surface area contributed by atoms with Gasteiger partial charge in [0.1, 0.15) is 6.29 Å². The minimum atomic E-state index is -0.324. The Labute approximate surface area is 127 Å². The van der Waals surface area contributed by atoms with Crippen LogP contribution in [0.3, 0.4) is 0 Å². The molecule has 0 aliphatic rings. The maximum absolute atomic E-state index is 11.3. The topological polar surface area (TPSA) is 43.4 Å². The number of alkyl halides is 1. The van der Waals surface area contributed by atoms with Gasteiger partial charge in [0.15, 0.2) is 0 Å². The maximum Gasteiger partial charge on any atom is 0.334 e. The van der Waals surface area contributed by atoms with Gasteiger partial charge in [-0.15, -0.1) is 11.6 Å². The fourth-order valence-corrected chi connectivity index (χ4v) is 2.25. The Bertz CT molecular complexity index is 287. The van der Waals surface area contributed by atoms with Gasteiger partial charge >= 0.3 is 5.97 Å². The molecule has 0 aliphatic heterocycles. The van der Waals surface area contributed by atoms with Crippen LogP contribution < -0.4 is 0 Å². The molecule has 20 heavy (non-hydrogen) atoms. The first-order chi connectivity index (χ1) is 9.76. The first-order valence-electron chi connectivity index (χ1n) is 7.53. The Kier molecular flexibility index (Phi) is 14.0. The molecule has 0 rings (SSSR count). The molecule has 0 bridgehead atoms. The van der Waals surface area contributed by atoms with Gasteiger partial charge in [-0.3, -0.25) is 0 Å². The van der Waals surface area contributed by atoms with Gasteiger partial charge in [0, 0.05) is 12.0 Å². The molecule has 3 nitrogen and oxygen atoms in total. The van der Waals surface area contributed by atoms with Crippen molar-refractivity contribution in [3.8, 4) is 0 Å². The molecule has 0 aromatic carbocycles. The summed E-state index contributed by atoms with van der Waals surface area (Å²) in [6.45, 7) is 0. The highest BCUT2D eigenvalue weighted by atomic mass is 35.5. The summed E-state index contributed by atoms with van der Waals surface area (Å²) in [5.41, 5.74) is 0.560. The highest BCUT2D eigenvalue weighted by Crippen LogP contribution is 2.11. The molecule has 0 spiro atoms. The second-order valence-electron chi connectivity index (χ2n) is 4.93. The highest BCUT2D eigenvalue weighted by Gasteiger charge is 2.06. The molecule has 0 aliphatic carbocycles. The lowest BCUT2D eigenvalue weighted by Gasteiger charge is -2.02. The summed E-state index contributed by atoms with van der Waals surface area (Å²) in [6, 6.07) is 0. The summed E-state index contributed by atoms with van der Waals surface area (Å²) in [4.78, 5) is 21.4. The number of unbranched alkanes of at least 4 members (excludes halogenated alkanes) is 9. The van der Waals surface area contributed by atoms with Gasteiger partial charge in [-0.1, -0.05) is 44.6 Å². The van der Waals surface area contributed by atoms with Gasteiger partial charge in [-0.25, -0.2) is 4.79 Å². The third kappa shape index (κ3) is 11.0. The Hall–Kier alpha value is -0.830. The minimum Gasteiger partial charge on any atom is -0.466 e. The van der Waals surface area contributed by atoms with E-state index in [0.29, 0.717) is 12.0 Å². The van der Waals surface area contributed by atoms with Crippen LogP contribution in [0, 0.1) is 0 Å². The van der Waals surface area contributed by atoms with E-state index in [0.717, 1.165) is 25.5 Å². The van der Waals surface area contributed by atoms with Crippen molar-refractivity contribution in [2.45, 2.75) is 64.2 Å². The zero-order chi connectivity index (χ0) is 15.1. The average molecular weight is 303 g/mol. The third-order valence-corrected chi connectivity index (χ3v) is 3.55. The van der Waals surface area contributed by atoms with Gasteiger partial charge in [0.05, 0.1) is 13.0 Å². The van der Waals surface area contributed by atoms with Crippen molar-refractivity contribution in [1.82, 2.24) is 0 Å². The first kappa shape index (κ1) is 19.2. The Morgan fingerprint density at radius 1 is 0.950 bits per heavy atom. The normalized spacial score (nSPS) is 11.4. The van der Waals surface area contributed by atoms with Crippen LogP contribution in [-0.2, 0) is 14.3 Å². The van der Waals surface area contributed by atoms with Crippen molar-refractivity contribution in [3.63, 3.8) is 0 Å². The number of ether oxygens (including phenoxy) is 1. The molecule has 0 unspecified atom stereocenters. The van der Waals surface area contributed by atoms with Gasteiger partial charge in [-0.05, 0) is 19.3 Å². The predicted molar refractivity (Wildman–Crippen MR) is 83.1 cm³/mol. The SMILES string of the molecule is COC(=O)/C(=C/CCCCCCCCCCC=O)CCl. The molecule has 0 atom stereocenters. The van der Waals surface area contributed by atoms with Crippen molar-refractivity contribution >= 4 is 23.9 Å². The smallest absolute Gasteiger partial charge is 0.334 e. The van der Waals surface area contributed by atoms with Crippen LogP contribution in [0.1, 0.15) is 64.2 Å². The number of allylic oxidation sites excluding steroid dienone is 1. The monoisotopic (exact) mass is 302 g/mol. The lowest BCUT2D eigenvalue weighted by atomic mass is 10.1. The molecule has 0 amide bonds. The van der Waals surface area contributed by atoms with Gasteiger partial charge < -0.3 is 9.53 Å². The summed E-state index contributed by atoms with van der Waals surface area (Å²) < 4.78 is 4.64. The second-order valence-corrected chi connectivity index (χ2v) is 5.19. The Balaban J connectivity index is 3.41. The number of hydrogen-bond acceptors (Lipinski definition) is 3. The van der Waals surface area contributed by atoms with E-state index < -0.39 is 0 Å². The van der Waals surface area contributed by atoms with E-state index in [4.69, 9.17) is 11.6 Å². The fourth-order valence-electron chi connectivity index (χ4n) is 2.03. The minimum absolute atomic E-state index is 0.216. The van der Waals surface area contributed by atoms with E-state index in [-0.39, 0.29) is 11.8 Å². The van der Waals surface area contributed by atoms with Crippen molar-refractivity contribution in [2.75, 3.05) is 13.0 Å². The van der Waals surface area contributed by atoms with Crippen molar-refractivity contribution in [3.05, 3.63) is 11.6 Å². The van der Waals surface area contributed by atoms with Gasteiger partial charge in [0.25, 0.3) is 0 Å². The number of carbonyl (C=O) groups excluding carboxylic acids is 2. The largest absolute Gasteiger partial charge is 0.466 e. The van der Waals surface area contributed by atoms with Crippen LogP contribution in [0.5, 0.6) is 0 Å². The van der Waals surface area contributed by atoms with Crippen LogP contribution in [-0.4, -0.2) is 25.2 Å². The molecule has 4 heteroatoms. The third-order valence-electron chi connectivity index (χ3n) is 3.26. The molecule has 0 N–H and O–H groups in total. The fraction of sp³-hybridized carbons (Fsp3) is 0.750. The number of rotatable bonds is 13. The Morgan fingerprint density at radius 2 is 1.45 bits per heavy atom.